The summed E-state index contributed by atoms with van der Waals surface area (Å²) in [5.74, 6) is -3.07. The standard InChI is InChI=1S/C15H19F2NO3S/c1-10-3-4-11(9-13(10)22(2,20)21)14(19)18-12-5-7-15(16,17)8-6-12/h3-4,9,12H,5-8H2,1-2H3,(H,18,19). The summed E-state index contributed by atoms with van der Waals surface area (Å²) in [5.41, 5.74) is 0.791. The first-order chi connectivity index (χ1) is 10.1. The zero-order valence-corrected chi connectivity index (χ0v) is 13.3. The maximum Gasteiger partial charge on any atom is 0.251 e. The molecular weight excluding hydrogens is 312 g/mol. The van der Waals surface area contributed by atoms with E-state index in [4.69, 9.17) is 0 Å². The van der Waals surface area contributed by atoms with Crippen LogP contribution in [0.3, 0.4) is 0 Å². The highest BCUT2D eigenvalue weighted by molar-refractivity contribution is 7.90. The van der Waals surface area contributed by atoms with Crippen molar-refractivity contribution in [2.45, 2.75) is 49.5 Å². The minimum absolute atomic E-state index is 0.107. The van der Waals surface area contributed by atoms with Crippen molar-refractivity contribution in [2.75, 3.05) is 6.26 Å². The molecule has 0 atom stereocenters. The molecule has 1 aromatic carbocycles. The predicted molar refractivity (Wildman–Crippen MR) is 79.0 cm³/mol. The SMILES string of the molecule is Cc1ccc(C(=O)NC2CCC(F)(F)CC2)cc1S(C)(=O)=O. The number of rotatable bonds is 3. The van der Waals surface area contributed by atoms with Gasteiger partial charge in [-0.1, -0.05) is 6.07 Å². The molecule has 1 N–H and O–H groups in total. The van der Waals surface area contributed by atoms with E-state index in [1.54, 1.807) is 13.0 Å². The Balaban J connectivity index is 2.11. The summed E-state index contributed by atoms with van der Waals surface area (Å²) < 4.78 is 49.5. The Morgan fingerprint density at radius 1 is 1.27 bits per heavy atom. The zero-order chi connectivity index (χ0) is 16.5. The normalized spacial score (nSPS) is 18.9. The molecule has 4 nitrogen and oxygen atoms in total. The van der Waals surface area contributed by atoms with Crippen LogP contribution in [0.4, 0.5) is 8.78 Å². The fourth-order valence-electron chi connectivity index (χ4n) is 2.59. The van der Waals surface area contributed by atoms with Crippen molar-refractivity contribution in [3.05, 3.63) is 29.3 Å². The number of hydrogen-bond donors (Lipinski definition) is 1. The van der Waals surface area contributed by atoms with Crippen molar-refractivity contribution in [1.29, 1.82) is 0 Å². The minimum Gasteiger partial charge on any atom is -0.349 e. The van der Waals surface area contributed by atoms with Crippen LogP contribution in [0.25, 0.3) is 0 Å². The third-order valence-corrected chi connectivity index (χ3v) is 5.14. The number of benzene rings is 1. The maximum absolute atomic E-state index is 13.1. The predicted octanol–water partition coefficient (Wildman–Crippen LogP) is 2.71. The van der Waals surface area contributed by atoms with E-state index in [1.807, 2.05) is 0 Å². The van der Waals surface area contributed by atoms with Crippen LogP contribution >= 0.6 is 0 Å². The average Bonchev–Trinajstić information content (AvgIpc) is 2.40. The molecule has 0 spiro atoms. The molecule has 0 radical (unpaired) electrons. The highest BCUT2D eigenvalue weighted by Crippen LogP contribution is 2.33. The number of carbonyl (C=O) groups is 1. The lowest BCUT2D eigenvalue weighted by molar-refractivity contribution is -0.0399. The number of sulfone groups is 1. The fourth-order valence-corrected chi connectivity index (χ4v) is 3.59. The highest BCUT2D eigenvalue weighted by Gasteiger charge is 2.35. The lowest BCUT2D eigenvalue weighted by Crippen LogP contribution is -2.40. The van der Waals surface area contributed by atoms with Crippen LogP contribution in [0.2, 0.25) is 0 Å². The number of aryl methyl sites for hydroxylation is 1. The number of nitrogens with one attached hydrogen (secondary N) is 1. The molecule has 1 saturated carbocycles. The largest absolute Gasteiger partial charge is 0.349 e. The first-order valence-electron chi connectivity index (χ1n) is 7.08. The van der Waals surface area contributed by atoms with Crippen molar-refractivity contribution in [1.82, 2.24) is 5.32 Å². The van der Waals surface area contributed by atoms with Gasteiger partial charge in [-0.15, -0.1) is 0 Å². The molecule has 122 valence electrons. The quantitative estimate of drug-likeness (QED) is 0.926. The molecule has 1 aliphatic carbocycles. The van der Waals surface area contributed by atoms with Gasteiger partial charge in [-0.05, 0) is 37.5 Å². The van der Waals surface area contributed by atoms with Crippen molar-refractivity contribution in [3.8, 4) is 0 Å². The average molecular weight is 331 g/mol. The summed E-state index contributed by atoms with van der Waals surface area (Å²) in [5, 5.41) is 2.70. The molecule has 0 aromatic heterocycles. The summed E-state index contributed by atoms with van der Waals surface area (Å²) in [6, 6.07) is 4.14. The van der Waals surface area contributed by atoms with Crippen LogP contribution in [-0.4, -0.2) is 32.5 Å². The minimum atomic E-state index is -3.42. The number of alkyl halides is 2. The van der Waals surface area contributed by atoms with Crippen molar-refractivity contribution in [3.63, 3.8) is 0 Å². The smallest absolute Gasteiger partial charge is 0.251 e. The van der Waals surface area contributed by atoms with Crippen molar-refractivity contribution in [2.24, 2.45) is 0 Å². The van der Waals surface area contributed by atoms with Gasteiger partial charge in [0.2, 0.25) is 5.92 Å². The number of amides is 1. The molecule has 0 unspecified atom stereocenters. The van der Waals surface area contributed by atoms with E-state index < -0.39 is 21.7 Å². The number of carbonyl (C=O) groups excluding carboxylic acids is 1. The van der Waals surface area contributed by atoms with E-state index in [2.05, 4.69) is 5.32 Å². The third kappa shape index (κ3) is 4.03. The molecule has 22 heavy (non-hydrogen) atoms. The lowest BCUT2D eigenvalue weighted by Gasteiger charge is -2.28. The van der Waals surface area contributed by atoms with Crippen LogP contribution in [0, 0.1) is 6.92 Å². The second kappa shape index (κ2) is 5.95. The summed E-state index contributed by atoms with van der Waals surface area (Å²) in [6.07, 6.45) is 1.06. The van der Waals surface area contributed by atoms with Crippen LogP contribution < -0.4 is 5.32 Å². The molecule has 1 aliphatic rings. The molecule has 7 heteroatoms. The van der Waals surface area contributed by atoms with E-state index in [0.717, 1.165) is 6.26 Å². The molecule has 0 saturated heterocycles. The number of halogens is 2. The van der Waals surface area contributed by atoms with Crippen LogP contribution in [0.15, 0.2) is 23.1 Å². The van der Waals surface area contributed by atoms with Gasteiger partial charge in [0, 0.05) is 30.7 Å². The first kappa shape index (κ1) is 16.9. The molecule has 2 rings (SSSR count). The summed E-state index contributed by atoms with van der Waals surface area (Å²) in [4.78, 5) is 12.3. The molecule has 0 bridgehead atoms. The Morgan fingerprint density at radius 2 is 1.86 bits per heavy atom. The molecule has 1 fully saturated rings. The maximum atomic E-state index is 13.1. The lowest BCUT2D eigenvalue weighted by atomic mass is 9.92. The zero-order valence-electron chi connectivity index (χ0n) is 12.5. The van der Waals surface area contributed by atoms with Gasteiger partial charge < -0.3 is 5.32 Å². The fraction of sp³-hybridized carbons (Fsp3) is 0.533. The van der Waals surface area contributed by atoms with E-state index in [9.17, 15) is 22.0 Å². The third-order valence-electron chi connectivity index (χ3n) is 3.90. The van der Waals surface area contributed by atoms with Gasteiger partial charge in [-0.3, -0.25) is 4.79 Å². The van der Waals surface area contributed by atoms with Gasteiger partial charge in [-0.25, -0.2) is 17.2 Å². The monoisotopic (exact) mass is 331 g/mol. The van der Waals surface area contributed by atoms with Gasteiger partial charge in [0.15, 0.2) is 9.84 Å². The molecular formula is C15H19F2NO3S. The van der Waals surface area contributed by atoms with E-state index in [0.29, 0.717) is 5.56 Å². The molecule has 1 aromatic rings. The molecule has 0 heterocycles. The van der Waals surface area contributed by atoms with E-state index in [-0.39, 0.29) is 42.2 Å². The van der Waals surface area contributed by atoms with Gasteiger partial charge >= 0.3 is 0 Å². The van der Waals surface area contributed by atoms with Crippen LogP contribution in [0.5, 0.6) is 0 Å². The second-order valence-electron chi connectivity index (χ2n) is 5.86. The number of hydrogen-bond acceptors (Lipinski definition) is 3. The van der Waals surface area contributed by atoms with Crippen LogP contribution in [-0.2, 0) is 9.84 Å². The van der Waals surface area contributed by atoms with Crippen LogP contribution in [0.1, 0.15) is 41.6 Å². The van der Waals surface area contributed by atoms with Gasteiger partial charge in [0.1, 0.15) is 0 Å². The van der Waals surface area contributed by atoms with Crippen molar-refractivity contribution < 1.29 is 22.0 Å². The van der Waals surface area contributed by atoms with Gasteiger partial charge in [-0.2, -0.15) is 0 Å². The Bertz CT molecular complexity index is 676. The summed E-state index contributed by atoms with van der Waals surface area (Å²) in [6.45, 7) is 1.65. The van der Waals surface area contributed by atoms with Gasteiger partial charge in [0.05, 0.1) is 4.90 Å². The summed E-state index contributed by atoms with van der Waals surface area (Å²) in [7, 11) is -3.42. The van der Waals surface area contributed by atoms with Crippen molar-refractivity contribution >= 4 is 15.7 Å². The Labute approximate surface area is 128 Å². The molecule has 1 amide bonds. The van der Waals surface area contributed by atoms with E-state index >= 15 is 0 Å². The molecule has 0 aliphatic heterocycles. The Hall–Kier alpha value is -1.50. The Morgan fingerprint density at radius 3 is 2.41 bits per heavy atom. The van der Waals surface area contributed by atoms with E-state index in [1.165, 1.54) is 12.1 Å². The highest BCUT2D eigenvalue weighted by atomic mass is 32.2. The first-order valence-corrected chi connectivity index (χ1v) is 8.97. The topological polar surface area (TPSA) is 63.2 Å². The summed E-state index contributed by atoms with van der Waals surface area (Å²) >= 11 is 0. The van der Waals surface area contributed by atoms with Gasteiger partial charge in [0.25, 0.3) is 5.91 Å². The second-order valence-corrected chi connectivity index (χ2v) is 7.84. The Kier molecular flexibility index (Phi) is 4.56.